The van der Waals surface area contributed by atoms with Crippen LogP contribution in [0.1, 0.15) is 20.3 Å². The van der Waals surface area contributed by atoms with Crippen molar-refractivity contribution in [3.63, 3.8) is 0 Å². The van der Waals surface area contributed by atoms with E-state index in [0.717, 1.165) is 26.2 Å². The van der Waals surface area contributed by atoms with Crippen LogP contribution in [0.5, 0.6) is 0 Å². The van der Waals surface area contributed by atoms with Crippen LogP contribution in [0.4, 0.5) is 0 Å². The molecule has 0 spiro atoms. The number of ether oxygens (including phenoxy) is 1. The van der Waals surface area contributed by atoms with Gasteiger partial charge in [-0.25, -0.2) is 0 Å². The van der Waals surface area contributed by atoms with Crippen molar-refractivity contribution in [1.29, 1.82) is 0 Å². The summed E-state index contributed by atoms with van der Waals surface area (Å²) in [4.78, 5) is 27.5. The number of amides is 1. The standard InChI is InChI=1S/C14H27N3O3.ClH/c1-14(2,13(19)20-4)5-8-16(3)11-12(18)17-9-6-15-7-10-17;/h15H,5-11H2,1-4H3;1H. The predicted octanol–water partition coefficient (Wildman–Crippen LogP) is 0.361. The summed E-state index contributed by atoms with van der Waals surface area (Å²) in [5, 5.41) is 3.23. The number of carbonyl (C=O) groups is 2. The van der Waals surface area contributed by atoms with Crippen LogP contribution >= 0.6 is 12.4 Å². The maximum Gasteiger partial charge on any atom is 0.311 e. The maximum absolute atomic E-state index is 12.1. The van der Waals surface area contributed by atoms with Gasteiger partial charge >= 0.3 is 5.97 Å². The number of nitrogens with zero attached hydrogens (tertiary/aromatic N) is 2. The molecule has 0 saturated carbocycles. The minimum atomic E-state index is -0.513. The Bertz CT molecular complexity index is 344. The number of esters is 1. The van der Waals surface area contributed by atoms with Gasteiger partial charge in [0.05, 0.1) is 19.1 Å². The Morgan fingerprint density at radius 3 is 2.38 bits per heavy atom. The average molecular weight is 322 g/mol. The fraction of sp³-hybridized carbons (Fsp3) is 0.857. The van der Waals surface area contributed by atoms with Crippen LogP contribution in [0, 0.1) is 5.41 Å². The van der Waals surface area contributed by atoms with Gasteiger partial charge in [-0.05, 0) is 33.9 Å². The lowest BCUT2D eigenvalue weighted by Crippen LogP contribution is -2.49. The molecule has 1 rings (SSSR count). The van der Waals surface area contributed by atoms with Gasteiger partial charge in [0.1, 0.15) is 0 Å². The van der Waals surface area contributed by atoms with E-state index in [2.05, 4.69) is 5.32 Å². The summed E-state index contributed by atoms with van der Waals surface area (Å²) in [7, 11) is 3.31. The van der Waals surface area contributed by atoms with Crippen molar-refractivity contribution >= 4 is 24.3 Å². The number of methoxy groups -OCH3 is 1. The summed E-state index contributed by atoms with van der Waals surface area (Å²) in [5.74, 6) is -0.0517. The molecular formula is C14H28ClN3O3. The topological polar surface area (TPSA) is 61.9 Å². The second-order valence-corrected chi connectivity index (χ2v) is 5.99. The molecule has 1 fully saturated rings. The van der Waals surface area contributed by atoms with E-state index in [-0.39, 0.29) is 24.3 Å². The third-order valence-corrected chi connectivity index (χ3v) is 3.73. The summed E-state index contributed by atoms with van der Waals surface area (Å²) in [6, 6.07) is 0. The zero-order valence-electron chi connectivity index (χ0n) is 13.5. The van der Waals surface area contributed by atoms with E-state index in [1.807, 2.05) is 30.7 Å². The molecule has 1 amide bonds. The first-order valence-corrected chi connectivity index (χ1v) is 7.12. The van der Waals surface area contributed by atoms with Gasteiger partial charge in [0, 0.05) is 26.2 Å². The fourth-order valence-corrected chi connectivity index (χ4v) is 2.17. The van der Waals surface area contributed by atoms with Gasteiger partial charge in [0.2, 0.25) is 5.91 Å². The third-order valence-electron chi connectivity index (χ3n) is 3.73. The van der Waals surface area contributed by atoms with E-state index in [9.17, 15) is 9.59 Å². The van der Waals surface area contributed by atoms with Gasteiger partial charge in [-0.1, -0.05) is 0 Å². The second-order valence-electron chi connectivity index (χ2n) is 5.99. The largest absolute Gasteiger partial charge is 0.469 e. The number of nitrogens with one attached hydrogen (secondary N) is 1. The lowest BCUT2D eigenvalue weighted by atomic mass is 9.89. The van der Waals surface area contributed by atoms with Crippen molar-refractivity contribution in [2.75, 3.05) is 53.4 Å². The van der Waals surface area contributed by atoms with Gasteiger partial charge in [-0.15, -0.1) is 12.4 Å². The van der Waals surface area contributed by atoms with Crippen molar-refractivity contribution in [1.82, 2.24) is 15.1 Å². The van der Waals surface area contributed by atoms with Gasteiger partial charge in [0.15, 0.2) is 0 Å². The molecule has 0 aliphatic carbocycles. The first kappa shape index (κ1) is 20.1. The Hall–Kier alpha value is -0.850. The maximum atomic E-state index is 12.1. The number of carbonyl (C=O) groups excluding carboxylic acids is 2. The Morgan fingerprint density at radius 2 is 1.86 bits per heavy atom. The highest BCUT2D eigenvalue weighted by Gasteiger charge is 2.29. The Morgan fingerprint density at radius 1 is 1.29 bits per heavy atom. The molecule has 1 N–H and O–H groups in total. The van der Waals surface area contributed by atoms with E-state index in [0.29, 0.717) is 19.5 Å². The molecule has 6 nitrogen and oxygen atoms in total. The molecular weight excluding hydrogens is 294 g/mol. The monoisotopic (exact) mass is 321 g/mol. The van der Waals surface area contributed by atoms with Crippen LogP contribution in [0.15, 0.2) is 0 Å². The zero-order chi connectivity index (χ0) is 15.2. The molecule has 1 saturated heterocycles. The number of likely N-dealkylation sites (N-methyl/N-ethyl adjacent to an activating group) is 1. The van der Waals surface area contributed by atoms with Gasteiger partial charge in [0.25, 0.3) is 0 Å². The quantitative estimate of drug-likeness (QED) is 0.716. The molecule has 0 bridgehead atoms. The zero-order valence-corrected chi connectivity index (χ0v) is 14.3. The summed E-state index contributed by atoms with van der Waals surface area (Å²) >= 11 is 0. The van der Waals surface area contributed by atoms with Crippen LogP contribution < -0.4 is 5.32 Å². The summed E-state index contributed by atoms with van der Waals surface area (Å²) in [5.41, 5.74) is -0.513. The van der Waals surface area contributed by atoms with Gasteiger partial charge in [-0.2, -0.15) is 0 Å². The molecule has 0 aromatic carbocycles. The average Bonchev–Trinajstić information content (AvgIpc) is 2.45. The first-order valence-electron chi connectivity index (χ1n) is 7.12. The van der Waals surface area contributed by atoms with Crippen molar-refractivity contribution < 1.29 is 14.3 Å². The van der Waals surface area contributed by atoms with Gasteiger partial charge < -0.3 is 15.0 Å². The summed E-state index contributed by atoms with van der Waals surface area (Å²) < 4.78 is 4.78. The number of hydrogen-bond acceptors (Lipinski definition) is 5. The van der Waals surface area contributed by atoms with E-state index in [1.54, 1.807) is 0 Å². The van der Waals surface area contributed by atoms with Crippen LogP contribution in [-0.2, 0) is 14.3 Å². The molecule has 0 unspecified atom stereocenters. The SMILES string of the molecule is COC(=O)C(C)(C)CCN(C)CC(=O)N1CCNCC1.Cl. The lowest BCUT2D eigenvalue weighted by molar-refractivity contribution is -0.151. The molecule has 1 aliphatic rings. The smallest absolute Gasteiger partial charge is 0.311 e. The minimum absolute atomic E-state index is 0. The number of rotatable bonds is 6. The van der Waals surface area contributed by atoms with Crippen LogP contribution in [0.3, 0.4) is 0 Å². The molecule has 1 aliphatic heterocycles. The van der Waals surface area contributed by atoms with E-state index >= 15 is 0 Å². The van der Waals surface area contributed by atoms with E-state index < -0.39 is 5.41 Å². The Balaban J connectivity index is 0.00000400. The lowest BCUT2D eigenvalue weighted by Gasteiger charge is -2.30. The molecule has 0 aromatic heterocycles. The highest BCUT2D eigenvalue weighted by atomic mass is 35.5. The minimum Gasteiger partial charge on any atom is -0.469 e. The second kappa shape index (κ2) is 9.23. The fourth-order valence-electron chi connectivity index (χ4n) is 2.17. The van der Waals surface area contributed by atoms with Crippen molar-refractivity contribution in [3.05, 3.63) is 0 Å². The Kier molecular flexibility index (Phi) is 8.85. The molecule has 21 heavy (non-hydrogen) atoms. The van der Waals surface area contributed by atoms with Crippen LogP contribution in [0.25, 0.3) is 0 Å². The number of hydrogen-bond donors (Lipinski definition) is 1. The Labute approximate surface area is 133 Å². The summed E-state index contributed by atoms with van der Waals surface area (Å²) in [6.45, 7) is 8.11. The molecule has 0 radical (unpaired) electrons. The molecule has 1 heterocycles. The predicted molar refractivity (Wildman–Crippen MR) is 84.6 cm³/mol. The molecule has 7 heteroatoms. The van der Waals surface area contributed by atoms with Crippen LogP contribution in [-0.4, -0.2) is 75.1 Å². The van der Waals surface area contributed by atoms with Gasteiger partial charge in [-0.3, -0.25) is 14.5 Å². The van der Waals surface area contributed by atoms with Crippen LogP contribution in [0.2, 0.25) is 0 Å². The van der Waals surface area contributed by atoms with Crippen molar-refractivity contribution in [3.8, 4) is 0 Å². The van der Waals surface area contributed by atoms with Crippen molar-refractivity contribution in [2.45, 2.75) is 20.3 Å². The first-order chi connectivity index (χ1) is 9.36. The molecule has 0 aromatic rings. The third kappa shape index (κ3) is 6.63. The van der Waals surface area contributed by atoms with E-state index in [1.165, 1.54) is 7.11 Å². The summed E-state index contributed by atoms with van der Waals surface area (Å²) in [6.07, 6.45) is 0.672. The van der Waals surface area contributed by atoms with Crippen molar-refractivity contribution in [2.24, 2.45) is 5.41 Å². The highest BCUT2D eigenvalue weighted by molar-refractivity contribution is 5.85. The molecule has 124 valence electrons. The van der Waals surface area contributed by atoms with E-state index in [4.69, 9.17) is 4.74 Å². The highest BCUT2D eigenvalue weighted by Crippen LogP contribution is 2.22. The number of piperazine rings is 1. The number of halogens is 1. The molecule has 0 atom stereocenters. The normalized spacial score (nSPS) is 15.6.